The Bertz CT molecular complexity index is 894. The van der Waals surface area contributed by atoms with Gasteiger partial charge in [0, 0.05) is 4.88 Å². The summed E-state index contributed by atoms with van der Waals surface area (Å²) in [5.41, 5.74) is 1.12. The summed E-state index contributed by atoms with van der Waals surface area (Å²) in [5.74, 6) is 0.164. The lowest BCUT2D eigenvalue weighted by Gasteiger charge is -2.33. The predicted molar refractivity (Wildman–Crippen MR) is 107 cm³/mol. The van der Waals surface area contributed by atoms with Crippen LogP contribution in [0.25, 0.3) is 10.2 Å². The van der Waals surface area contributed by atoms with Gasteiger partial charge in [-0.05, 0) is 49.5 Å². The van der Waals surface area contributed by atoms with Crippen LogP contribution in [0.5, 0.6) is 0 Å². The van der Waals surface area contributed by atoms with Crippen LogP contribution in [0, 0.1) is 11.3 Å². The molecule has 3 rings (SSSR count). The van der Waals surface area contributed by atoms with Crippen LogP contribution in [0.1, 0.15) is 70.4 Å². The summed E-state index contributed by atoms with van der Waals surface area (Å²) in [6.45, 7) is 10.9. The van der Waals surface area contributed by atoms with E-state index in [1.165, 1.54) is 9.56 Å². The second kappa shape index (κ2) is 7.70. The number of unbranched alkanes of at least 4 members (excludes halogenated alkanes) is 1. The second-order valence-corrected chi connectivity index (χ2v) is 9.61. The molecule has 0 saturated heterocycles. The smallest absolute Gasteiger partial charge is 0.330 e. The van der Waals surface area contributed by atoms with E-state index in [-0.39, 0.29) is 11.0 Å². The Morgan fingerprint density at radius 3 is 2.81 bits per heavy atom. The zero-order valence-corrected chi connectivity index (χ0v) is 17.7. The lowest BCUT2D eigenvalue weighted by molar-refractivity contribution is -0.147. The van der Waals surface area contributed by atoms with E-state index < -0.39 is 12.0 Å². The van der Waals surface area contributed by atoms with Gasteiger partial charge in [-0.2, -0.15) is 4.68 Å². The van der Waals surface area contributed by atoms with E-state index >= 15 is 0 Å². The van der Waals surface area contributed by atoms with Crippen LogP contribution in [-0.2, 0) is 22.4 Å². The third-order valence-electron chi connectivity index (χ3n) is 5.58. The normalized spacial score (nSPS) is 18.3. The van der Waals surface area contributed by atoms with Crippen molar-refractivity contribution in [1.29, 1.82) is 0 Å². The van der Waals surface area contributed by atoms with Gasteiger partial charge in [0.2, 0.25) is 0 Å². The Morgan fingerprint density at radius 1 is 1.41 bits per heavy atom. The summed E-state index contributed by atoms with van der Waals surface area (Å²) in [7, 11) is 0. The van der Waals surface area contributed by atoms with Crippen LogP contribution >= 0.6 is 11.3 Å². The van der Waals surface area contributed by atoms with Crippen LogP contribution in [0.15, 0.2) is 4.79 Å². The maximum Gasteiger partial charge on any atom is 0.330 e. The first-order chi connectivity index (χ1) is 12.7. The molecule has 2 heterocycles. The second-order valence-electron chi connectivity index (χ2n) is 8.53. The quantitative estimate of drug-likeness (QED) is 0.571. The highest BCUT2D eigenvalue weighted by Crippen LogP contribution is 2.41. The molecule has 0 bridgehead atoms. The van der Waals surface area contributed by atoms with Crippen LogP contribution in [0.4, 0.5) is 0 Å². The minimum absolute atomic E-state index is 0.230. The van der Waals surface area contributed by atoms with Gasteiger partial charge in [0.15, 0.2) is 10.9 Å². The molecule has 27 heavy (non-hydrogen) atoms. The number of aryl methyl sites for hydroxylation is 1. The Morgan fingerprint density at radius 2 is 2.15 bits per heavy atom. The number of nitrogens with zero attached hydrogens (tertiary/aromatic N) is 3. The van der Waals surface area contributed by atoms with Gasteiger partial charge in [-0.25, -0.2) is 4.79 Å². The number of carbonyl (C=O) groups is 1. The average molecular weight is 392 g/mol. The Kier molecular flexibility index (Phi) is 5.70. The topological polar surface area (TPSA) is 74.1 Å². The third kappa shape index (κ3) is 3.93. The summed E-state index contributed by atoms with van der Waals surface area (Å²) in [4.78, 5) is 27.2. The molecule has 148 valence electrons. The van der Waals surface area contributed by atoms with E-state index in [0.717, 1.165) is 37.7 Å². The number of fused-ring (bicyclic) bond motifs is 3. The molecule has 2 aromatic heterocycles. The van der Waals surface area contributed by atoms with E-state index in [1.807, 2.05) is 6.92 Å². The number of carbonyl (C=O) groups excluding carboxylic acids is 1. The van der Waals surface area contributed by atoms with Crippen molar-refractivity contribution in [2.75, 3.05) is 6.61 Å². The molecule has 0 aliphatic heterocycles. The Hall–Kier alpha value is -1.76. The fourth-order valence-electron chi connectivity index (χ4n) is 3.64. The van der Waals surface area contributed by atoms with Crippen molar-refractivity contribution in [3.05, 3.63) is 20.8 Å². The van der Waals surface area contributed by atoms with Gasteiger partial charge < -0.3 is 4.74 Å². The predicted octanol–water partition coefficient (Wildman–Crippen LogP) is 3.91. The number of thiophene rings is 1. The molecule has 2 aromatic rings. The highest BCUT2D eigenvalue weighted by atomic mass is 32.1. The van der Waals surface area contributed by atoms with Crippen LogP contribution in [-0.4, -0.2) is 27.6 Å². The standard InChI is InChI=1S/C20H29N3O3S/c1-6-7-10-26-19(25)12(2)23-18(24)16-14-9-8-13(20(3,4)5)11-15(14)27-17(16)21-22-23/h12-13H,6-11H2,1-5H3/t12-,13-/m0/s1. The first-order valence-electron chi connectivity index (χ1n) is 9.80. The SMILES string of the molecule is CCCCOC(=O)[C@H](C)n1nnc2sc3c(c2c1=O)CC[C@H](C(C)(C)C)C3. The lowest BCUT2D eigenvalue weighted by atomic mass is 9.72. The minimum Gasteiger partial charge on any atom is -0.464 e. The van der Waals surface area contributed by atoms with Crippen LogP contribution in [0.3, 0.4) is 0 Å². The summed E-state index contributed by atoms with van der Waals surface area (Å²) < 4.78 is 6.43. The van der Waals surface area contributed by atoms with Gasteiger partial charge in [0.25, 0.3) is 5.56 Å². The summed E-state index contributed by atoms with van der Waals surface area (Å²) in [6.07, 6.45) is 4.69. The Balaban J connectivity index is 1.92. The molecular weight excluding hydrogens is 362 g/mol. The zero-order valence-electron chi connectivity index (χ0n) is 16.9. The molecule has 0 fully saturated rings. The van der Waals surface area contributed by atoms with Crippen molar-refractivity contribution in [2.24, 2.45) is 11.3 Å². The molecule has 0 spiro atoms. The van der Waals surface area contributed by atoms with E-state index in [1.54, 1.807) is 18.3 Å². The largest absolute Gasteiger partial charge is 0.464 e. The van der Waals surface area contributed by atoms with Crippen LogP contribution < -0.4 is 5.56 Å². The first-order valence-corrected chi connectivity index (χ1v) is 10.6. The molecule has 0 saturated carbocycles. The van der Waals surface area contributed by atoms with Gasteiger partial charge in [-0.1, -0.05) is 39.3 Å². The van der Waals surface area contributed by atoms with Crippen molar-refractivity contribution in [3.63, 3.8) is 0 Å². The average Bonchev–Trinajstić information content (AvgIpc) is 2.99. The van der Waals surface area contributed by atoms with Gasteiger partial charge in [0.1, 0.15) is 0 Å². The number of esters is 1. The summed E-state index contributed by atoms with van der Waals surface area (Å²) >= 11 is 1.58. The summed E-state index contributed by atoms with van der Waals surface area (Å²) in [5, 5.41) is 8.93. The highest BCUT2D eigenvalue weighted by Gasteiger charge is 2.32. The zero-order chi connectivity index (χ0) is 19.8. The molecule has 1 aliphatic rings. The first kappa shape index (κ1) is 20.0. The van der Waals surface area contributed by atoms with Crippen LogP contribution in [0.2, 0.25) is 0 Å². The van der Waals surface area contributed by atoms with Crippen molar-refractivity contribution in [1.82, 2.24) is 15.0 Å². The van der Waals surface area contributed by atoms with Crippen molar-refractivity contribution < 1.29 is 9.53 Å². The summed E-state index contributed by atoms with van der Waals surface area (Å²) in [6, 6.07) is -0.771. The van der Waals surface area contributed by atoms with E-state index in [2.05, 4.69) is 31.1 Å². The molecule has 2 atom stereocenters. The van der Waals surface area contributed by atoms with Gasteiger partial charge in [0.05, 0.1) is 12.0 Å². The van der Waals surface area contributed by atoms with E-state index in [4.69, 9.17) is 4.74 Å². The molecule has 7 heteroatoms. The molecule has 0 amide bonds. The number of rotatable bonds is 5. The van der Waals surface area contributed by atoms with Crippen molar-refractivity contribution >= 4 is 27.5 Å². The molecule has 1 aliphatic carbocycles. The minimum atomic E-state index is -0.771. The lowest BCUT2D eigenvalue weighted by Crippen LogP contribution is -2.33. The molecule has 0 unspecified atom stereocenters. The molecule has 6 nitrogen and oxygen atoms in total. The maximum atomic E-state index is 13.1. The van der Waals surface area contributed by atoms with Gasteiger partial charge in [-0.3, -0.25) is 4.79 Å². The fourth-order valence-corrected chi connectivity index (χ4v) is 4.87. The van der Waals surface area contributed by atoms with Gasteiger partial charge >= 0.3 is 5.97 Å². The molecule has 0 radical (unpaired) electrons. The van der Waals surface area contributed by atoms with E-state index in [9.17, 15) is 9.59 Å². The van der Waals surface area contributed by atoms with Crippen molar-refractivity contribution in [3.8, 4) is 0 Å². The van der Waals surface area contributed by atoms with Crippen molar-refractivity contribution in [2.45, 2.75) is 72.8 Å². The third-order valence-corrected chi connectivity index (χ3v) is 6.71. The van der Waals surface area contributed by atoms with E-state index in [0.29, 0.717) is 22.7 Å². The fraction of sp³-hybridized carbons (Fsp3) is 0.700. The number of hydrogen-bond acceptors (Lipinski definition) is 6. The maximum absolute atomic E-state index is 13.1. The number of aromatic nitrogens is 3. The van der Waals surface area contributed by atoms with Gasteiger partial charge in [-0.15, -0.1) is 16.4 Å². The molecule has 0 N–H and O–H groups in total. The monoisotopic (exact) mass is 391 g/mol. The number of ether oxygens (including phenoxy) is 1. The molecule has 0 aromatic carbocycles. The highest BCUT2D eigenvalue weighted by molar-refractivity contribution is 7.18. The Labute approximate surface area is 163 Å². The molecular formula is C20H29N3O3S. The number of hydrogen-bond donors (Lipinski definition) is 0.